The second-order valence-corrected chi connectivity index (χ2v) is 14.7. The highest BCUT2D eigenvalue weighted by Crippen LogP contribution is 2.46. The number of ether oxygens (including phenoxy) is 2. The quantitative estimate of drug-likeness (QED) is 0.0582. The van der Waals surface area contributed by atoms with E-state index in [-0.39, 0.29) is 36.8 Å². The molecule has 53 heavy (non-hydrogen) atoms. The first kappa shape index (κ1) is 41.2. The molecule has 0 saturated carbocycles. The summed E-state index contributed by atoms with van der Waals surface area (Å²) in [6.45, 7) is 5.19. The van der Waals surface area contributed by atoms with E-state index in [4.69, 9.17) is 18.5 Å². The molecule has 1 aromatic heterocycles. The number of rotatable bonds is 19. The van der Waals surface area contributed by atoms with Crippen LogP contribution in [0.15, 0.2) is 76.4 Å². The number of carbonyl (C=O) groups excluding carboxylic acids is 2. The number of H-pyrrole nitrogens is 1. The number of nitrogens with one attached hydrogen (secondary N) is 3. The van der Waals surface area contributed by atoms with Crippen molar-refractivity contribution in [1.82, 2.24) is 20.0 Å². The fourth-order valence-corrected chi connectivity index (χ4v) is 7.09. The van der Waals surface area contributed by atoms with Gasteiger partial charge in [0.05, 0.1) is 19.3 Å². The van der Waals surface area contributed by atoms with Crippen molar-refractivity contribution >= 4 is 19.6 Å². The van der Waals surface area contributed by atoms with Crippen LogP contribution in [0.3, 0.4) is 0 Å². The van der Waals surface area contributed by atoms with E-state index in [1.54, 1.807) is 44.2 Å². The smallest absolute Gasteiger partial charge is 0.459 e. The monoisotopic (exact) mass is 752 g/mol. The Labute approximate surface area is 309 Å². The molecular weight excluding hydrogens is 703 g/mol. The number of hydrogen-bond acceptors (Lipinski definition) is 10. The molecule has 1 saturated heterocycles. The number of aliphatic hydroxyl groups excluding tert-OH is 1. The van der Waals surface area contributed by atoms with Crippen LogP contribution < -0.4 is 26.2 Å². The first-order valence-electron chi connectivity index (χ1n) is 17.9. The van der Waals surface area contributed by atoms with Crippen LogP contribution in [0.25, 0.3) is 0 Å². The summed E-state index contributed by atoms with van der Waals surface area (Å²) in [4.78, 5) is 52.8. The van der Waals surface area contributed by atoms with Crippen molar-refractivity contribution in [3.05, 3.63) is 98.8 Å². The summed E-state index contributed by atoms with van der Waals surface area (Å²) in [5, 5.41) is 16.3. The lowest BCUT2D eigenvalue weighted by molar-refractivity contribution is -0.148. The third-order valence-electron chi connectivity index (χ3n) is 8.41. The van der Waals surface area contributed by atoms with Crippen LogP contribution >= 0.6 is 7.75 Å². The van der Waals surface area contributed by atoms with Gasteiger partial charge in [0, 0.05) is 19.0 Å². The number of carbonyl (C=O) groups is 2. The Morgan fingerprint density at radius 2 is 1.75 bits per heavy atom. The van der Waals surface area contributed by atoms with Crippen LogP contribution in [0, 0.1) is 17.8 Å². The highest BCUT2D eigenvalue weighted by Gasteiger charge is 2.41. The summed E-state index contributed by atoms with van der Waals surface area (Å²) in [5.74, 6) is 4.41. The molecule has 5 atom stereocenters. The Morgan fingerprint density at radius 3 is 2.45 bits per heavy atom. The Hall–Kier alpha value is -4.51. The van der Waals surface area contributed by atoms with E-state index in [1.165, 1.54) is 6.20 Å². The molecule has 0 spiro atoms. The third-order valence-corrected chi connectivity index (χ3v) is 9.94. The molecule has 2 aromatic carbocycles. The maximum absolute atomic E-state index is 14.2. The van der Waals surface area contributed by atoms with Crippen molar-refractivity contribution < 1.29 is 37.8 Å². The standard InChI is InChI=1S/C38H49N4O10P/c1-4-5-6-7-14-21-33(44)39-22-15-18-29-24-42(38(47)40-36(29)45)34-23-31(43)32(51-34)26-50-53(48,52-30-19-12-9-13-20-30)41-35(27(2)3)37(46)49-25-28-16-10-8-11-17-28/h8-13,16-17,19-20,24,27,31-32,34-35,43H,4-7,14,21-23,25-26H2,1-3H3,(H,39,44)(H,41,48)(H,40,45,47)/t31-,32+,34+,35+,53?/m1/s1. The van der Waals surface area contributed by atoms with E-state index in [0.29, 0.717) is 6.42 Å². The molecule has 0 radical (unpaired) electrons. The number of benzene rings is 2. The molecule has 1 amide bonds. The molecule has 15 heteroatoms. The summed E-state index contributed by atoms with van der Waals surface area (Å²) >= 11 is 0. The van der Waals surface area contributed by atoms with Crippen molar-refractivity contribution in [2.75, 3.05) is 13.2 Å². The van der Waals surface area contributed by atoms with E-state index >= 15 is 0 Å². The van der Waals surface area contributed by atoms with E-state index < -0.39 is 62.0 Å². The fourth-order valence-electron chi connectivity index (χ4n) is 5.43. The second-order valence-electron chi connectivity index (χ2n) is 13.0. The van der Waals surface area contributed by atoms with Crippen LogP contribution in [-0.2, 0) is 34.8 Å². The van der Waals surface area contributed by atoms with Crippen molar-refractivity contribution in [3.8, 4) is 17.6 Å². The highest BCUT2D eigenvalue weighted by molar-refractivity contribution is 7.52. The first-order valence-corrected chi connectivity index (χ1v) is 19.4. The predicted molar refractivity (Wildman–Crippen MR) is 198 cm³/mol. The highest BCUT2D eigenvalue weighted by atomic mass is 31.2. The molecule has 1 fully saturated rings. The third kappa shape index (κ3) is 13.1. The summed E-state index contributed by atoms with van der Waals surface area (Å²) in [5.41, 5.74) is -0.769. The largest absolute Gasteiger partial charge is 0.460 e. The number of aliphatic hydroxyl groups is 1. The minimum absolute atomic E-state index is 0.00596. The van der Waals surface area contributed by atoms with Crippen molar-refractivity contribution in [3.63, 3.8) is 0 Å². The Bertz CT molecular complexity index is 1860. The van der Waals surface area contributed by atoms with E-state index in [1.807, 2.05) is 30.3 Å². The Balaban J connectivity index is 1.41. The Morgan fingerprint density at radius 1 is 1.06 bits per heavy atom. The zero-order valence-electron chi connectivity index (χ0n) is 30.3. The lowest BCUT2D eigenvalue weighted by atomic mass is 10.1. The summed E-state index contributed by atoms with van der Waals surface area (Å²) in [6.07, 6.45) is 3.39. The van der Waals surface area contributed by atoms with Gasteiger partial charge in [0.15, 0.2) is 0 Å². The number of para-hydroxylation sites is 1. The number of nitrogens with zero attached hydrogens (tertiary/aromatic N) is 1. The molecule has 1 unspecified atom stereocenters. The molecule has 14 nitrogen and oxygen atoms in total. The molecular formula is C38H49N4O10P. The zero-order valence-corrected chi connectivity index (χ0v) is 31.2. The van der Waals surface area contributed by atoms with Gasteiger partial charge in [-0.05, 0) is 30.0 Å². The number of esters is 1. The topological polar surface area (TPSA) is 187 Å². The van der Waals surface area contributed by atoms with Gasteiger partial charge in [0.25, 0.3) is 5.56 Å². The Kier molecular flexibility index (Phi) is 16.1. The van der Waals surface area contributed by atoms with Crippen molar-refractivity contribution in [2.45, 2.75) is 96.8 Å². The van der Waals surface area contributed by atoms with Gasteiger partial charge in [0.2, 0.25) is 5.91 Å². The molecule has 0 bridgehead atoms. The maximum atomic E-state index is 14.2. The van der Waals surface area contributed by atoms with Gasteiger partial charge < -0.3 is 24.4 Å². The number of amides is 1. The van der Waals surface area contributed by atoms with E-state index in [0.717, 1.165) is 42.2 Å². The van der Waals surface area contributed by atoms with Gasteiger partial charge >= 0.3 is 19.4 Å². The zero-order chi connectivity index (χ0) is 38.2. The molecule has 2 heterocycles. The van der Waals surface area contributed by atoms with Crippen LogP contribution in [-0.4, -0.2) is 57.9 Å². The lowest BCUT2D eigenvalue weighted by Crippen LogP contribution is -2.42. The van der Waals surface area contributed by atoms with E-state index in [2.05, 4.69) is 34.2 Å². The fraction of sp³-hybridized carbons (Fsp3) is 0.474. The summed E-state index contributed by atoms with van der Waals surface area (Å²) < 4.78 is 38.4. The van der Waals surface area contributed by atoms with Gasteiger partial charge in [-0.15, -0.1) is 0 Å². The normalized spacial score (nSPS) is 18.4. The summed E-state index contributed by atoms with van der Waals surface area (Å²) in [6, 6.07) is 16.3. The second kappa shape index (κ2) is 20.7. The van der Waals surface area contributed by atoms with Gasteiger partial charge in [0.1, 0.15) is 36.3 Å². The van der Waals surface area contributed by atoms with Gasteiger partial charge in [-0.1, -0.05) is 107 Å². The first-order chi connectivity index (χ1) is 25.5. The van der Waals surface area contributed by atoms with Gasteiger partial charge in [-0.25, -0.2) is 9.36 Å². The molecule has 1 aliphatic heterocycles. The molecule has 0 aliphatic carbocycles. The number of aromatic amines is 1. The molecule has 4 rings (SSSR count). The van der Waals surface area contributed by atoms with Crippen molar-refractivity contribution in [2.24, 2.45) is 5.92 Å². The minimum Gasteiger partial charge on any atom is -0.460 e. The molecule has 286 valence electrons. The maximum Gasteiger partial charge on any atom is 0.459 e. The van der Waals surface area contributed by atoms with Crippen LogP contribution in [0.5, 0.6) is 5.75 Å². The van der Waals surface area contributed by atoms with E-state index in [9.17, 15) is 28.8 Å². The molecule has 4 N–H and O–H groups in total. The predicted octanol–water partition coefficient (Wildman–Crippen LogP) is 4.57. The molecule has 3 aromatic rings. The van der Waals surface area contributed by atoms with Gasteiger partial charge in [-0.3, -0.25) is 28.5 Å². The lowest BCUT2D eigenvalue weighted by Gasteiger charge is -2.27. The van der Waals surface area contributed by atoms with Gasteiger partial charge in [-0.2, -0.15) is 5.09 Å². The van der Waals surface area contributed by atoms with Crippen LogP contribution in [0.4, 0.5) is 0 Å². The average Bonchev–Trinajstić information content (AvgIpc) is 3.51. The number of hydrogen-bond donors (Lipinski definition) is 4. The average molecular weight is 753 g/mol. The molecule has 1 aliphatic rings. The van der Waals surface area contributed by atoms with Crippen LogP contribution in [0.2, 0.25) is 0 Å². The summed E-state index contributed by atoms with van der Waals surface area (Å²) in [7, 11) is -4.34. The SMILES string of the molecule is CCCCCCCC(=O)NCC#Cc1cn([C@@H]2C[C@@H](O)[C@H](COP(=O)(N[C@H](C(=O)OCc3ccccc3)C(C)C)Oc3ccccc3)O2)c(=O)[nH]c1=O. The number of unbranched alkanes of at least 4 members (excludes halogenated alkanes) is 4. The van der Waals surface area contributed by atoms with Crippen LogP contribution in [0.1, 0.15) is 83.1 Å². The van der Waals surface area contributed by atoms with Crippen molar-refractivity contribution in [1.29, 1.82) is 0 Å². The minimum atomic E-state index is -4.34. The number of aromatic nitrogens is 2.